The molecule has 1 rings (SSSR count). The molecule has 0 amide bonds. The number of hydrogen-bond acceptors (Lipinski definition) is 3. The van der Waals surface area contributed by atoms with Crippen molar-refractivity contribution in [1.82, 2.24) is 0 Å². The molecule has 3 atom stereocenters. The van der Waals surface area contributed by atoms with Crippen LogP contribution in [-0.2, 0) is 9.84 Å². The Bertz CT molecular complexity index is 323. The van der Waals surface area contributed by atoms with Gasteiger partial charge in [0.25, 0.3) is 0 Å². The molecule has 1 aliphatic rings. The van der Waals surface area contributed by atoms with E-state index in [-0.39, 0.29) is 11.7 Å². The van der Waals surface area contributed by atoms with Crippen LogP contribution >= 0.6 is 0 Å². The first-order chi connectivity index (χ1) is 7.23. The van der Waals surface area contributed by atoms with Gasteiger partial charge in [-0.25, -0.2) is 8.42 Å². The SMILES string of the molecule is CC1CCC(O)(CCCS(C)(=O)=O)C(C)C1. The molecule has 0 spiro atoms. The Morgan fingerprint density at radius 1 is 1.38 bits per heavy atom. The summed E-state index contributed by atoms with van der Waals surface area (Å²) in [7, 11) is -2.89. The van der Waals surface area contributed by atoms with E-state index in [1.54, 1.807) is 0 Å². The van der Waals surface area contributed by atoms with Gasteiger partial charge in [0.05, 0.1) is 5.60 Å². The van der Waals surface area contributed by atoms with Crippen LogP contribution in [0.3, 0.4) is 0 Å². The first-order valence-electron chi connectivity index (χ1n) is 6.13. The summed E-state index contributed by atoms with van der Waals surface area (Å²) in [6.45, 7) is 4.29. The van der Waals surface area contributed by atoms with Crippen molar-refractivity contribution in [2.45, 2.75) is 51.6 Å². The van der Waals surface area contributed by atoms with Crippen LogP contribution in [0, 0.1) is 11.8 Å². The van der Waals surface area contributed by atoms with Gasteiger partial charge in [-0.1, -0.05) is 13.8 Å². The molecule has 0 bridgehead atoms. The fourth-order valence-corrected chi connectivity index (χ4v) is 3.36. The van der Waals surface area contributed by atoms with Crippen molar-refractivity contribution < 1.29 is 13.5 Å². The molecule has 96 valence electrons. The molecule has 1 N–H and O–H groups in total. The molecular formula is C12H24O3S. The third kappa shape index (κ3) is 4.06. The highest BCUT2D eigenvalue weighted by Gasteiger charge is 2.37. The van der Waals surface area contributed by atoms with E-state index in [1.807, 2.05) is 0 Å². The average molecular weight is 248 g/mol. The zero-order chi connectivity index (χ0) is 12.4. The topological polar surface area (TPSA) is 54.4 Å². The van der Waals surface area contributed by atoms with E-state index in [2.05, 4.69) is 13.8 Å². The van der Waals surface area contributed by atoms with Gasteiger partial charge in [-0.05, 0) is 43.9 Å². The van der Waals surface area contributed by atoms with Crippen LogP contribution in [0.25, 0.3) is 0 Å². The van der Waals surface area contributed by atoms with Crippen LogP contribution in [0.2, 0.25) is 0 Å². The number of hydrogen-bond donors (Lipinski definition) is 1. The smallest absolute Gasteiger partial charge is 0.147 e. The minimum Gasteiger partial charge on any atom is -0.390 e. The molecule has 0 aromatic rings. The monoisotopic (exact) mass is 248 g/mol. The van der Waals surface area contributed by atoms with E-state index in [1.165, 1.54) is 6.26 Å². The van der Waals surface area contributed by atoms with Gasteiger partial charge in [0.2, 0.25) is 0 Å². The van der Waals surface area contributed by atoms with Crippen molar-refractivity contribution in [3.8, 4) is 0 Å². The van der Waals surface area contributed by atoms with Crippen LogP contribution in [0.4, 0.5) is 0 Å². The van der Waals surface area contributed by atoms with E-state index < -0.39 is 15.4 Å². The Balaban J connectivity index is 2.46. The lowest BCUT2D eigenvalue weighted by Gasteiger charge is -2.40. The third-order valence-electron chi connectivity index (χ3n) is 3.87. The highest BCUT2D eigenvalue weighted by molar-refractivity contribution is 7.90. The second kappa shape index (κ2) is 5.05. The van der Waals surface area contributed by atoms with E-state index in [4.69, 9.17) is 0 Å². The summed E-state index contributed by atoms with van der Waals surface area (Å²) < 4.78 is 22.1. The van der Waals surface area contributed by atoms with Gasteiger partial charge in [0.15, 0.2) is 0 Å². The third-order valence-corrected chi connectivity index (χ3v) is 4.90. The lowest BCUT2D eigenvalue weighted by Crippen LogP contribution is -2.41. The Kier molecular flexibility index (Phi) is 4.41. The number of rotatable bonds is 4. The summed E-state index contributed by atoms with van der Waals surface area (Å²) in [6, 6.07) is 0. The first kappa shape index (κ1) is 14.0. The standard InChI is InChI=1S/C12H24O3S/c1-10-5-7-12(13,11(2)9-10)6-4-8-16(3,14)15/h10-11,13H,4-9H2,1-3H3. The predicted octanol–water partition coefficient (Wildman–Crippen LogP) is 2.00. The van der Waals surface area contributed by atoms with Crippen LogP contribution in [0.15, 0.2) is 0 Å². The molecule has 1 saturated carbocycles. The molecule has 0 radical (unpaired) electrons. The molecule has 0 aromatic heterocycles. The Labute approximate surface area is 99.2 Å². The lowest BCUT2D eigenvalue weighted by molar-refractivity contribution is -0.0593. The predicted molar refractivity (Wildman–Crippen MR) is 66.1 cm³/mol. The van der Waals surface area contributed by atoms with Gasteiger partial charge in [0.1, 0.15) is 9.84 Å². The maximum Gasteiger partial charge on any atom is 0.147 e. The summed E-state index contributed by atoms with van der Waals surface area (Å²) in [4.78, 5) is 0. The summed E-state index contributed by atoms with van der Waals surface area (Å²) >= 11 is 0. The minimum absolute atomic E-state index is 0.192. The van der Waals surface area contributed by atoms with Gasteiger partial charge < -0.3 is 5.11 Å². The maximum atomic E-state index is 11.0. The van der Waals surface area contributed by atoms with Crippen molar-refractivity contribution in [3.63, 3.8) is 0 Å². The molecule has 3 nitrogen and oxygen atoms in total. The quantitative estimate of drug-likeness (QED) is 0.828. The molecule has 0 saturated heterocycles. The highest BCUT2D eigenvalue weighted by atomic mass is 32.2. The molecule has 16 heavy (non-hydrogen) atoms. The van der Waals surface area contributed by atoms with Crippen LogP contribution in [0.5, 0.6) is 0 Å². The van der Waals surface area contributed by atoms with E-state index in [9.17, 15) is 13.5 Å². The van der Waals surface area contributed by atoms with Crippen molar-refractivity contribution in [1.29, 1.82) is 0 Å². The van der Waals surface area contributed by atoms with Crippen molar-refractivity contribution in [3.05, 3.63) is 0 Å². The molecule has 4 heteroatoms. The average Bonchev–Trinajstić information content (AvgIpc) is 2.10. The summed E-state index contributed by atoms with van der Waals surface area (Å²) in [5, 5.41) is 10.5. The summed E-state index contributed by atoms with van der Waals surface area (Å²) in [6.07, 6.45) is 5.37. The van der Waals surface area contributed by atoms with Crippen LogP contribution < -0.4 is 0 Å². The van der Waals surface area contributed by atoms with Crippen LogP contribution in [0.1, 0.15) is 46.0 Å². The van der Waals surface area contributed by atoms with Gasteiger partial charge in [-0.3, -0.25) is 0 Å². The largest absolute Gasteiger partial charge is 0.390 e. The normalized spacial score (nSPS) is 36.2. The molecule has 1 aliphatic carbocycles. The molecule has 0 aliphatic heterocycles. The second-order valence-corrected chi connectivity index (χ2v) is 7.88. The van der Waals surface area contributed by atoms with E-state index in [0.717, 1.165) is 19.3 Å². The maximum absolute atomic E-state index is 11.0. The number of sulfone groups is 1. The van der Waals surface area contributed by atoms with E-state index in [0.29, 0.717) is 18.8 Å². The molecule has 1 fully saturated rings. The first-order valence-corrected chi connectivity index (χ1v) is 8.19. The summed E-state index contributed by atoms with van der Waals surface area (Å²) in [5.41, 5.74) is -0.628. The zero-order valence-corrected chi connectivity index (χ0v) is 11.4. The molecule has 3 unspecified atom stereocenters. The van der Waals surface area contributed by atoms with Crippen molar-refractivity contribution in [2.75, 3.05) is 12.0 Å². The Morgan fingerprint density at radius 3 is 2.50 bits per heavy atom. The van der Waals surface area contributed by atoms with Gasteiger partial charge in [-0.15, -0.1) is 0 Å². The van der Waals surface area contributed by atoms with Gasteiger partial charge >= 0.3 is 0 Å². The molecular weight excluding hydrogens is 224 g/mol. The zero-order valence-electron chi connectivity index (χ0n) is 10.6. The number of aliphatic hydroxyl groups is 1. The fraction of sp³-hybridized carbons (Fsp3) is 1.00. The second-order valence-electron chi connectivity index (χ2n) is 5.62. The van der Waals surface area contributed by atoms with E-state index >= 15 is 0 Å². The summed E-state index contributed by atoms with van der Waals surface area (Å²) in [5.74, 6) is 1.17. The van der Waals surface area contributed by atoms with Crippen LogP contribution in [-0.4, -0.2) is 31.1 Å². The lowest BCUT2D eigenvalue weighted by atomic mass is 9.70. The van der Waals surface area contributed by atoms with Crippen molar-refractivity contribution >= 4 is 9.84 Å². The Hall–Kier alpha value is -0.0900. The minimum atomic E-state index is -2.89. The Morgan fingerprint density at radius 2 is 2.00 bits per heavy atom. The van der Waals surface area contributed by atoms with Crippen molar-refractivity contribution in [2.24, 2.45) is 11.8 Å². The van der Waals surface area contributed by atoms with Gasteiger partial charge in [-0.2, -0.15) is 0 Å². The highest BCUT2D eigenvalue weighted by Crippen LogP contribution is 2.39. The molecule has 0 aromatic carbocycles. The van der Waals surface area contributed by atoms with Gasteiger partial charge in [0, 0.05) is 12.0 Å². The fourth-order valence-electron chi connectivity index (χ4n) is 2.70. The molecule has 0 heterocycles.